The van der Waals surface area contributed by atoms with Crippen molar-refractivity contribution in [1.29, 1.82) is 0 Å². The number of benzene rings is 1. The first-order valence-electron chi connectivity index (χ1n) is 4.88. The van der Waals surface area contributed by atoms with Crippen molar-refractivity contribution in [2.75, 3.05) is 5.33 Å². The second kappa shape index (κ2) is 6.35. The minimum Gasteiger partial charge on any atom is -0.481 e. The summed E-state index contributed by atoms with van der Waals surface area (Å²) in [5.74, 6) is -1.02. The maximum atomic E-state index is 10.7. The maximum Gasteiger partial charge on any atom is 0.307 e. The van der Waals surface area contributed by atoms with Gasteiger partial charge in [0.15, 0.2) is 0 Å². The van der Waals surface area contributed by atoms with Gasteiger partial charge in [0.1, 0.15) is 6.10 Å². The Morgan fingerprint density at radius 3 is 2.59 bits per heavy atom. The number of alkyl halides is 1. The quantitative estimate of drug-likeness (QED) is 0.722. The van der Waals surface area contributed by atoms with E-state index in [1.54, 1.807) is 6.07 Å². The number of rotatable bonds is 5. The summed E-state index contributed by atoms with van der Waals surface area (Å²) in [6, 6.07) is 4.55. The number of carbonyl (C=O) groups is 1. The van der Waals surface area contributed by atoms with Gasteiger partial charge in [0, 0.05) is 10.4 Å². The summed E-state index contributed by atoms with van der Waals surface area (Å²) in [4.78, 5) is 10.7. The monoisotopic (exact) mass is 322 g/mol. The van der Waals surface area contributed by atoms with Gasteiger partial charge >= 0.3 is 5.97 Å². The van der Waals surface area contributed by atoms with Gasteiger partial charge in [-0.15, -0.1) is 0 Å². The number of carboxylic acids is 1. The lowest BCUT2D eigenvalue weighted by atomic mass is 9.97. The highest BCUT2D eigenvalue weighted by Gasteiger charge is 2.21. The van der Waals surface area contributed by atoms with Gasteiger partial charge in [0.25, 0.3) is 0 Å². The van der Waals surface area contributed by atoms with E-state index in [2.05, 4.69) is 15.9 Å². The Kier molecular flexibility index (Phi) is 5.39. The van der Waals surface area contributed by atoms with Crippen LogP contribution in [-0.4, -0.2) is 32.7 Å². The fourth-order valence-electron chi connectivity index (χ4n) is 1.47. The third-order valence-electron chi connectivity index (χ3n) is 2.29. The van der Waals surface area contributed by atoms with Gasteiger partial charge in [0.05, 0.1) is 12.5 Å². The van der Waals surface area contributed by atoms with Gasteiger partial charge in [-0.3, -0.25) is 4.79 Å². The van der Waals surface area contributed by atoms with Crippen molar-refractivity contribution in [2.45, 2.75) is 18.6 Å². The van der Waals surface area contributed by atoms with Gasteiger partial charge in [0.2, 0.25) is 0 Å². The predicted molar refractivity (Wildman–Crippen MR) is 67.6 cm³/mol. The Balaban J connectivity index is 3.09. The van der Waals surface area contributed by atoms with Crippen LogP contribution in [0.2, 0.25) is 5.02 Å². The summed E-state index contributed by atoms with van der Waals surface area (Å²) >= 11 is 8.82. The molecule has 1 aromatic rings. The normalized spacial score (nSPS) is 14.4. The van der Waals surface area contributed by atoms with Crippen LogP contribution in [0.5, 0.6) is 0 Å². The fourth-order valence-corrected chi connectivity index (χ4v) is 2.02. The molecule has 0 spiro atoms. The fraction of sp³-hybridized carbons (Fsp3) is 0.364. The molecule has 2 unspecified atom stereocenters. The van der Waals surface area contributed by atoms with Crippen molar-refractivity contribution in [3.05, 3.63) is 34.3 Å². The Bertz CT molecular complexity index is 410. The largest absolute Gasteiger partial charge is 0.481 e. The van der Waals surface area contributed by atoms with E-state index in [0.717, 1.165) is 0 Å². The SMILES string of the molecule is O=C(O)Cc1cc(Cl)ccc1C(O)C(O)CBr. The molecule has 0 radical (unpaired) electrons. The summed E-state index contributed by atoms with van der Waals surface area (Å²) in [6.07, 6.45) is -2.38. The zero-order valence-corrected chi connectivity index (χ0v) is 11.1. The number of aliphatic hydroxyl groups is 2. The molecule has 0 fully saturated rings. The number of aliphatic carboxylic acids is 1. The molecule has 6 heteroatoms. The molecule has 1 aromatic carbocycles. The van der Waals surface area contributed by atoms with Crippen LogP contribution in [0.1, 0.15) is 17.2 Å². The lowest BCUT2D eigenvalue weighted by molar-refractivity contribution is -0.136. The molecule has 0 aliphatic carbocycles. The molecule has 3 N–H and O–H groups in total. The first-order valence-corrected chi connectivity index (χ1v) is 6.38. The zero-order chi connectivity index (χ0) is 13.0. The highest BCUT2D eigenvalue weighted by atomic mass is 79.9. The lowest BCUT2D eigenvalue weighted by Crippen LogP contribution is -2.21. The van der Waals surface area contributed by atoms with Crippen molar-refractivity contribution in [3.8, 4) is 0 Å². The Labute approximate surface area is 112 Å². The molecule has 0 heterocycles. The first kappa shape index (κ1) is 14.4. The molecule has 4 nitrogen and oxygen atoms in total. The van der Waals surface area contributed by atoms with Crippen LogP contribution in [0.15, 0.2) is 18.2 Å². The molecule has 2 atom stereocenters. The third kappa shape index (κ3) is 3.96. The summed E-state index contributed by atoms with van der Waals surface area (Å²) in [6.45, 7) is 0. The number of carboxylic acid groups (broad SMARTS) is 1. The van der Waals surface area contributed by atoms with E-state index in [-0.39, 0.29) is 11.8 Å². The minimum atomic E-state index is -1.14. The van der Waals surface area contributed by atoms with Crippen LogP contribution in [-0.2, 0) is 11.2 Å². The van der Waals surface area contributed by atoms with Gasteiger partial charge in [-0.05, 0) is 23.3 Å². The molecule has 0 saturated carbocycles. The van der Waals surface area contributed by atoms with E-state index in [9.17, 15) is 15.0 Å². The molecule has 17 heavy (non-hydrogen) atoms. The second-order valence-electron chi connectivity index (χ2n) is 3.58. The maximum absolute atomic E-state index is 10.7. The first-order chi connectivity index (χ1) is 7.95. The average molecular weight is 324 g/mol. The van der Waals surface area contributed by atoms with E-state index < -0.39 is 18.2 Å². The van der Waals surface area contributed by atoms with E-state index in [1.807, 2.05) is 0 Å². The van der Waals surface area contributed by atoms with Crippen LogP contribution >= 0.6 is 27.5 Å². The van der Waals surface area contributed by atoms with Crippen LogP contribution in [0, 0.1) is 0 Å². The molecule has 0 saturated heterocycles. The number of halogens is 2. The van der Waals surface area contributed by atoms with E-state index >= 15 is 0 Å². The lowest BCUT2D eigenvalue weighted by Gasteiger charge is -2.19. The predicted octanol–water partition coefficient (Wildman–Crippen LogP) is 1.76. The number of hydrogen-bond acceptors (Lipinski definition) is 3. The molecule has 0 aliphatic heterocycles. The van der Waals surface area contributed by atoms with Gasteiger partial charge in [-0.2, -0.15) is 0 Å². The van der Waals surface area contributed by atoms with Crippen LogP contribution in [0.25, 0.3) is 0 Å². The van der Waals surface area contributed by atoms with Crippen LogP contribution in [0.4, 0.5) is 0 Å². The Morgan fingerprint density at radius 2 is 2.06 bits per heavy atom. The van der Waals surface area contributed by atoms with Crippen molar-refractivity contribution < 1.29 is 20.1 Å². The zero-order valence-electron chi connectivity index (χ0n) is 8.81. The highest BCUT2D eigenvalue weighted by Crippen LogP contribution is 2.25. The third-order valence-corrected chi connectivity index (χ3v) is 3.19. The van der Waals surface area contributed by atoms with E-state index in [0.29, 0.717) is 16.1 Å². The molecular formula is C11H12BrClO4. The van der Waals surface area contributed by atoms with Crippen molar-refractivity contribution in [3.63, 3.8) is 0 Å². The summed E-state index contributed by atoms with van der Waals surface area (Å²) in [5.41, 5.74) is 0.779. The minimum absolute atomic E-state index is 0.198. The topological polar surface area (TPSA) is 77.8 Å². The molecular weight excluding hydrogens is 311 g/mol. The van der Waals surface area contributed by atoms with Crippen molar-refractivity contribution >= 4 is 33.5 Å². The second-order valence-corrected chi connectivity index (χ2v) is 4.66. The summed E-state index contributed by atoms with van der Waals surface area (Å²) < 4.78 is 0. The molecule has 0 aliphatic rings. The van der Waals surface area contributed by atoms with Gasteiger partial charge in [-0.1, -0.05) is 33.6 Å². The molecule has 0 aromatic heterocycles. The Morgan fingerprint density at radius 1 is 1.41 bits per heavy atom. The van der Waals surface area contributed by atoms with Crippen molar-refractivity contribution in [2.24, 2.45) is 0 Å². The Hall–Kier alpha value is -0.620. The highest BCUT2D eigenvalue weighted by molar-refractivity contribution is 9.09. The molecule has 94 valence electrons. The molecule has 0 bridgehead atoms. The van der Waals surface area contributed by atoms with Crippen molar-refractivity contribution in [1.82, 2.24) is 0 Å². The van der Waals surface area contributed by atoms with E-state index in [4.69, 9.17) is 16.7 Å². The standard InChI is InChI=1S/C11H12BrClO4/c12-5-9(14)11(17)8-2-1-7(13)3-6(8)4-10(15)16/h1-3,9,11,14,17H,4-5H2,(H,15,16). The summed E-state index contributed by atoms with van der Waals surface area (Å²) in [7, 11) is 0. The van der Waals surface area contributed by atoms with Gasteiger partial charge in [-0.25, -0.2) is 0 Å². The number of aliphatic hydroxyl groups excluding tert-OH is 2. The average Bonchev–Trinajstić information content (AvgIpc) is 2.26. The van der Waals surface area contributed by atoms with Crippen LogP contribution < -0.4 is 0 Å². The smallest absolute Gasteiger partial charge is 0.307 e. The number of hydrogen-bond donors (Lipinski definition) is 3. The molecule has 1 rings (SSSR count). The van der Waals surface area contributed by atoms with Gasteiger partial charge < -0.3 is 15.3 Å². The summed E-state index contributed by atoms with van der Waals surface area (Å²) in [5, 5.41) is 28.7. The van der Waals surface area contributed by atoms with Crippen LogP contribution in [0.3, 0.4) is 0 Å². The van der Waals surface area contributed by atoms with E-state index in [1.165, 1.54) is 12.1 Å². The molecule has 0 amide bonds.